The van der Waals surface area contributed by atoms with Crippen molar-refractivity contribution in [3.05, 3.63) is 0 Å². The molecule has 0 saturated carbocycles. The fourth-order valence-electron chi connectivity index (χ4n) is 3.73. The molecule has 8 nitrogen and oxygen atoms in total. The first-order valence-corrected chi connectivity index (χ1v) is 10.1. The van der Waals surface area contributed by atoms with E-state index in [1.807, 2.05) is 6.92 Å². The normalized spacial score (nSPS) is 25.2. The van der Waals surface area contributed by atoms with Gasteiger partial charge in [-0.1, -0.05) is 0 Å². The number of nitrogens with zero attached hydrogens (tertiary/aromatic N) is 3. The number of hydrogen-bond donors (Lipinski definition) is 2. The van der Waals surface area contributed by atoms with Crippen LogP contribution in [0.15, 0.2) is 4.99 Å². The van der Waals surface area contributed by atoms with E-state index in [1.54, 1.807) is 4.90 Å². The number of hydrogen-bond acceptors (Lipinski definition) is 5. The molecule has 2 aliphatic rings. The van der Waals surface area contributed by atoms with E-state index in [0.29, 0.717) is 32.2 Å². The minimum atomic E-state index is -0.228. The van der Waals surface area contributed by atoms with Gasteiger partial charge in [0.15, 0.2) is 5.96 Å². The van der Waals surface area contributed by atoms with Gasteiger partial charge in [0.25, 0.3) is 0 Å². The molecule has 2 atom stereocenters. The molecule has 1 amide bonds. The Hall–Kier alpha value is -0.810. The Morgan fingerprint density at radius 3 is 2.36 bits per heavy atom. The van der Waals surface area contributed by atoms with Crippen molar-refractivity contribution in [1.82, 2.24) is 15.1 Å². The van der Waals surface area contributed by atoms with Crippen molar-refractivity contribution in [1.29, 1.82) is 0 Å². The maximum atomic E-state index is 11.8. The largest absolute Gasteiger partial charge is 0.450 e. The minimum Gasteiger partial charge on any atom is -0.450 e. The molecule has 2 saturated heterocycles. The summed E-state index contributed by atoms with van der Waals surface area (Å²) in [5.74, 6) is 0.479. The van der Waals surface area contributed by atoms with E-state index < -0.39 is 0 Å². The van der Waals surface area contributed by atoms with Gasteiger partial charge in [0, 0.05) is 37.8 Å². The lowest BCUT2D eigenvalue weighted by molar-refractivity contribution is -0.0939. The van der Waals surface area contributed by atoms with Crippen LogP contribution in [0, 0.1) is 0 Å². The number of halogens is 1. The summed E-state index contributed by atoms with van der Waals surface area (Å²) >= 11 is 0. The van der Waals surface area contributed by atoms with Crippen LogP contribution in [0.1, 0.15) is 47.5 Å². The van der Waals surface area contributed by atoms with Crippen molar-refractivity contribution in [2.45, 2.75) is 71.2 Å². The Morgan fingerprint density at radius 2 is 1.82 bits per heavy atom. The number of amides is 1. The van der Waals surface area contributed by atoms with Crippen LogP contribution in [0.4, 0.5) is 4.79 Å². The van der Waals surface area contributed by atoms with Crippen LogP contribution in [0.2, 0.25) is 0 Å². The molecule has 3 N–H and O–H groups in total. The second kappa shape index (κ2) is 11.4. The van der Waals surface area contributed by atoms with Gasteiger partial charge in [-0.3, -0.25) is 9.89 Å². The lowest BCUT2D eigenvalue weighted by atomic mass is 10.0. The predicted octanol–water partition coefficient (Wildman–Crippen LogP) is 2.02. The summed E-state index contributed by atoms with van der Waals surface area (Å²) in [4.78, 5) is 20.5. The molecule has 0 spiro atoms. The van der Waals surface area contributed by atoms with E-state index in [4.69, 9.17) is 15.2 Å². The Morgan fingerprint density at radius 1 is 1.25 bits per heavy atom. The van der Waals surface area contributed by atoms with E-state index in [2.05, 4.69) is 42.9 Å². The number of ether oxygens (including phenoxy) is 2. The highest BCUT2D eigenvalue weighted by Gasteiger charge is 2.33. The molecule has 9 heteroatoms. The second-order valence-electron chi connectivity index (χ2n) is 8.28. The van der Waals surface area contributed by atoms with Crippen molar-refractivity contribution < 1.29 is 14.3 Å². The number of nitrogens with two attached hydrogens (primary N) is 1. The van der Waals surface area contributed by atoms with Gasteiger partial charge >= 0.3 is 6.09 Å². The van der Waals surface area contributed by atoms with Gasteiger partial charge < -0.3 is 25.4 Å². The molecular weight excluding hydrogens is 473 g/mol. The predicted molar refractivity (Wildman–Crippen MR) is 122 cm³/mol. The quantitative estimate of drug-likeness (QED) is 0.334. The number of carbonyl (C=O) groups is 1. The molecular formula is C19H38IN5O3. The maximum absolute atomic E-state index is 11.8. The summed E-state index contributed by atoms with van der Waals surface area (Å²) in [5.41, 5.74) is 6.05. The number of carbonyl (C=O) groups excluding carboxylic acids is 1. The average molecular weight is 511 g/mol. The molecule has 0 aromatic carbocycles. The number of morpholine rings is 1. The third kappa shape index (κ3) is 7.55. The number of nitrogens with one attached hydrogen (secondary N) is 1. The highest BCUT2D eigenvalue weighted by Crippen LogP contribution is 2.21. The number of guanidine groups is 1. The van der Waals surface area contributed by atoms with Crippen LogP contribution in [-0.2, 0) is 9.47 Å². The van der Waals surface area contributed by atoms with E-state index in [9.17, 15) is 4.79 Å². The Balaban J connectivity index is 0.00000392. The molecule has 0 aromatic heterocycles. The molecule has 164 valence electrons. The summed E-state index contributed by atoms with van der Waals surface area (Å²) in [5, 5.41) is 3.31. The van der Waals surface area contributed by atoms with Gasteiger partial charge in [-0.2, -0.15) is 0 Å². The van der Waals surface area contributed by atoms with Crippen LogP contribution in [-0.4, -0.2) is 85.0 Å². The molecule has 0 aliphatic carbocycles. The highest BCUT2D eigenvalue weighted by atomic mass is 127. The summed E-state index contributed by atoms with van der Waals surface area (Å²) in [6, 6.07) is 0.242. The summed E-state index contributed by atoms with van der Waals surface area (Å²) in [6.07, 6.45) is 1.93. The first kappa shape index (κ1) is 25.2. The summed E-state index contributed by atoms with van der Waals surface area (Å²) in [7, 11) is 0. The molecule has 28 heavy (non-hydrogen) atoms. The fourth-order valence-corrected chi connectivity index (χ4v) is 3.73. The van der Waals surface area contributed by atoms with Gasteiger partial charge in [0.05, 0.1) is 25.4 Å². The SMILES string of the molecule is CCOC(=O)N1CCC(NC(N)=NCC(C)(C)N2CC(C)OC(C)C2)CC1.I. The zero-order valence-electron chi connectivity index (χ0n) is 17.9. The van der Waals surface area contributed by atoms with E-state index >= 15 is 0 Å². The lowest BCUT2D eigenvalue weighted by Crippen LogP contribution is -2.56. The molecule has 2 rings (SSSR count). The molecule has 2 fully saturated rings. The number of rotatable bonds is 5. The van der Waals surface area contributed by atoms with Crippen LogP contribution in [0.5, 0.6) is 0 Å². The van der Waals surface area contributed by atoms with Gasteiger partial charge in [-0.25, -0.2) is 4.79 Å². The van der Waals surface area contributed by atoms with Crippen molar-refractivity contribution in [3.8, 4) is 0 Å². The number of piperidine rings is 1. The van der Waals surface area contributed by atoms with Gasteiger partial charge in [-0.05, 0) is 47.5 Å². The van der Waals surface area contributed by atoms with E-state index in [1.165, 1.54) is 0 Å². The Bertz CT molecular complexity index is 514. The standard InChI is InChI=1S/C19H37N5O3.HI/c1-6-26-18(25)23-9-7-16(8-10-23)22-17(20)21-13-19(4,5)24-11-14(2)27-15(3)12-24;/h14-16H,6-13H2,1-5H3,(H3,20,21,22);1H. The zero-order valence-corrected chi connectivity index (χ0v) is 20.3. The van der Waals surface area contributed by atoms with Gasteiger partial charge in [-0.15, -0.1) is 24.0 Å². The van der Waals surface area contributed by atoms with Crippen molar-refractivity contribution in [3.63, 3.8) is 0 Å². The van der Waals surface area contributed by atoms with E-state index in [-0.39, 0.29) is 53.9 Å². The monoisotopic (exact) mass is 511 g/mol. The average Bonchev–Trinajstić information content (AvgIpc) is 2.60. The van der Waals surface area contributed by atoms with Crippen molar-refractivity contribution in [2.75, 3.05) is 39.3 Å². The smallest absolute Gasteiger partial charge is 0.409 e. The zero-order chi connectivity index (χ0) is 20.0. The van der Waals surface area contributed by atoms with Crippen LogP contribution < -0.4 is 11.1 Å². The molecule has 2 unspecified atom stereocenters. The van der Waals surface area contributed by atoms with Crippen LogP contribution in [0.3, 0.4) is 0 Å². The number of aliphatic imine (C=N–C) groups is 1. The molecule has 0 bridgehead atoms. The molecule has 2 heterocycles. The topological polar surface area (TPSA) is 92.4 Å². The molecule has 0 aromatic rings. The van der Waals surface area contributed by atoms with Gasteiger partial charge in [0.1, 0.15) is 0 Å². The fraction of sp³-hybridized carbons (Fsp3) is 0.895. The summed E-state index contributed by atoms with van der Waals surface area (Å²) < 4.78 is 10.9. The van der Waals surface area contributed by atoms with E-state index in [0.717, 1.165) is 25.9 Å². The molecule has 0 radical (unpaired) electrons. The third-order valence-corrected chi connectivity index (χ3v) is 5.28. The number of likely N-dealkylation sites (tertiary alicyclic amines) is 1. The third-order valence-electron chi connectivity index (χ3n) is 5.28. The van der Waals surface area contributed by atoms with Crippen LogP contribution >= 0.6 is 24.0 Å². The van der Waals surface area contributed by atoms with Gasteiger partial charge in [0.2, 0.25) is 0 Å². The molecule has 2 aliphatic heterocycles. The second-order valence-corrected chi connectivity index (χ2v) is 8.28. The van der Waals surface area contributed by atoms with Crippen molar-refractivity contribution >= 4 is 36.0 Å². The first-order valence-electron chi connectivity index (χ1n) is 10.1. The Kier molecular flexibility index (Phi) is 10.3. The highest BCUT2D eigenvalue weighted by molar-refractivity contribution is 14.0. The van der Waals surface area contributed by atoms with Crippen LogP contribution in [0.25, 0.3) is 0 Å². The first-order chi connectivity index (χ1) is 12.7. The Labute approximate surface area is 186 Å². The minimum absolute atomic E-state index is 0. The summed E-state index contributed by atoms with van der Waals surface area (Å²) in [6.45, 7) is 14.7. The lowest BCUT2D eigenvalue weighted by Gasteiger charge is -2.44. The maximum Gasteiger partial charge on any atom is 0.409 e. The van der Waals surface area contributed by atoms with Crippen molar-refractivity contribution in [2.24, 2.45) is 10.7 Å².